The van der Waals surface area contributed by atoms with E-state index in [2.05, 4.69) is 36.4 Å². The van der Waals surface area contributed by atoms with Gasteiger partial charge in [0.05, 0.1) is 0 Å². The average molecular weight is 405 g/mol. The predicted molar refractivity (Wildman–Crippen MR) is 97.9 cm³/mol. The molecule has 2 aromatic heterocycles. The number of halogens is 1. The van der Waals surface area contributed by atoms with Gasteiger partial charge in [0.15, 0.2) is 5.82 Å². The van der Waals surface area contributed by atoms with Gasteiger partial charge in [-0.2, -0.15) is 0 Å². The lowest BCUT2D eigenvalue weighted by atomic mass is 10.2. The molecule has 3 rings (SSSR count). The Morgan fingerprint density at radius 2 is 2.12 bits per heavy atom. The van der Waals surface area contributed by atoms with E-state index in [1.807, 2.05) is 24.3 Å². The van der Waals surface area contributed by atoms with Crippen LogP contribution in [0, 0.1) is 0 Å². The maximum atomic E-state index is 11.5. The number of anilines is 2. The van der Waals surface area contributed by atoms with E-state index in [4.69, 9.17) is 0 Å². The van der Waals surface area contributed by atoms with E-state index in [1.165, 1.54) is 0 Å². The van der Waals surface area contributed by atoms with Crippen molar-refractivity contribution in [2.45, 2.75) is 26.4 Å². The lowest BCUT2D eigenvalue weighted by molar-refractivity contribution is 0.199. The van der Waals surface area contributed by atoms with Crippen LogP contribution in [0.5, 0.6) is 0 Å². The van der Waals surface area contributed by atoms with E-state index in [9.17, 15) is 9.90 Å². The van der Waals surface area contributed by atoms with Gasteiger partial charge in [-0.1, -0.05) is 34.1 Å². The normalized spacial score (nSPS) is 11.0. The first-order valence-electron chi connectivity index (χ1n) is 7.68. The monoisotopic (exact) mass is 404 g/mol. The number of hydrogen-bond donors (Lipinski definition) is 2. The number of hydrogen-bond acceptors (Lipinski definition) is 5. The molecule has 0 fully saturated rings. The van der Waals surface area contributed by atoms with Crippen LogP contribution in [0.4, 0.5) is 16.6 Å². The van der Waals surface area contributed by atoms with E-state index in [0.29, 0.717) is 18.0 Å². The first-order valence-corrected chi connectivity index (χ1v) is 8.47. The molecule has 25 heavy (non-hydrogen) atoms. The summed E-state index contributed by atoms with van der Waals surface area (Å²) in [6.07, 6.45) is 2.15. The Kier molecular flexibility index (Phi) is 4.84. The fraction of sp³-hybridized carbons (Fsp3) is 0.250. The smallest absolute Gasteiger partial charge is 0.414 e. The SMILES string of the molecule is CC(C)N(C(=O)O)c1nnc2c(NCc3ccccc3Br)nccn12. The van der Waals surface area contributed by atoms with Crippen LogP contribution in [0.3, 0.4) is 0 Å². The van der Waals surface area contributed by atoms with Crippen LogP contribution in [0.1, 0.15) is 19.4 Å². The summed E-state index contributed by atoms with van der Waals surface area (Å²) in [5, 5.41) is 20.8. The fourth-order valence-electron chi connectivity index (χ4n) is 2.46. The number of aromatic nitrogens is 4. The second-order valence-corrected chi connectivity index (χ2v) is 6.52. The van der Waals surface area contributed by atoms with Gasteiger partial charge < -0.3 is 10.4 Å². The maximum absolute atomic E-state index is 11.5. The van der Waals surface area contributed by atoms with E-state index in [0.717, 1.165) is 14.9 Å². The Balaban J connectivity index is 1.93. The number of fused-ring (bicyclic) bond motifs is 1. The van der Waals surface area contributed by atoms with Crippen LogP contribution in [-0.4, -0.2) is 36.8 Å². The van der Waals surface area contributed by atoms with Gasteiger partial charge in [0, 0.05) is 29.5 Å². The average Bonchev–Trinajstić information content (AvgIpc) is 2.98. The molecule has 1 aromatic carbocycles. The second-order valence-electron chi connectivity index (χ2n) is 5.66. The van der Waals surface area contributed by atoms with Crippen molar-refractivity contribution in [3.63, 3.8) is 0 Å². The summed E-state index contributed by atoms with van der Waals surface area (Å²) < 4.78 is 2.61. The molecule has 3 aromatic rings. The van der Waals surface area contributed by atoms with Crippen molar-refractivity contribution < 1.29 is 9.90 Å². The summed E-state index contributed by atoms with van der Waals surface area (Å²) in [6.45, 7) is 4.11. The molecule has 2 heterocycles. The van der Waals surface area contributed by atoms with Crippen molar-refractivity contribution in [3.05, 3.63) is 46.7 Å². The van der Waals surface area contributed by atoms with Crippen LogP contribution in [-0.2, 0) is 6.54 Å². The summed E-state index contributed by atoms with van der Waals surface area (Å²) in [4.78, 5) is 17.0. The Morgan fingerprint density at radius 1 is 1.36 bits per heavy atom. The van der Waals surface area contributed by atoms with Gasteiger partial charge >= 0.3 is 6.09 Å². The molecule has 0 saturated heterocycles. The molecule has 0 atom stereocenters. The number of nitrogens with one attached hydrogen (secondary N) is 1. The standard InChI is InChI=1S/C16H17BrN6O2/c1-10(2)23(16(24)25)15-21-20-14-13(18-7-8-22(14)15)19-9-11-5-3-4-6-12(11)17/h3-8,10H,9H2,1-2H3,(H,18,19)(H,24,25). The van der Waals surface area contributed by atoms with Crippen LogP contribution >= 0.6 is 15.9 Å². The molecule has 0 aliphatic carbocycles. The predicted octanol–water partition coefficient (Wildman–Crippen LogP) is 3.39. The van der Waals surface area contributed by atoms with Crippen molar-refractivity contribution in [2.75, 3.05) is 10.2 Å². The van der Waals surface area contributed by atoms with Gasteiger partial charge in [0.25, 0.3) is 0 Å². The third-order valence-corrected chi connectivity index (χ3v) is 4.42. The lowest BCUT2D eigenvalue weighted by Gasteiger charge is -2.20. The van der Waals surface area contributed by atoms with Crippen molar-refractivity contribution in [1.29, 1.82) is 0 Å². The molecular formula is C16H17BrN6O2. The molecular weight excluding hydrogens is 388 g/mol. The minimum absolute atomic E-state index is 0.240. The number of nitrogens with zero attached hydrogens (tertiary/aromatic N) is 5. The zero-order valence-electron chi connectivity index (χ0n) is 13.7. The van der Waals surface area contributed by atoms with Crippen LogP contribution < -0.4 is 10.2 Å². The van der Waals surface area contributed by atoms with E-state index in [-0.39, 0.29) is 12.0 Å². The molecule has 9 heteroatoms. The highest BCUT2D eigenvalue weighted by molar-refractivity contribution is 9.10. The zero-order chi connectivity index (χ0) is 18.0. The molecule has 0 spiro atoms. The third kappa shape index (κ3) is 3.41. The van der Waals surface area contributed by atoms with Crippen molar-refractivity contribution in [3.8, 4) is 0 Å². The van der Waals surface area contributed by atoms with Gasteiger partial charge in [-0.05, 0) is 25.5 Å². The minimum atomic E-state index is -1.08. The lowest BCUT2D eigenvalue weighted by Crippen LogP contribution is -2.37. The fourth-order valence-corrected chi connectivity index (χ4v) is 2.89. The largest absolute Gasteiger partial charge is 0.465 e. The minimum Gasteiger partial charge on any atom is -0.465 e. The first-order chi connectivity index (χ1) is 12.0. The summed E-state index contributed by atoms with van der Waals surface area (Å²) in [6, 6.07) is 7.60. The second kappa shape index (κ2) is 7.06. The maximum Gasteiger partial charge on any atom is 0.414 e. The highest BCUT2D eigenvalue weighted by Gasteiger charge is 2.24. The molecule has 1 amide bonds. The quantitative estimate of drug-likeness (QED) is 0.676. The number of carbonyl (C=O) groups is 1. The van der Waals surface area contributed by atoms with E-state index >= 15 is 0 Å². The molecule has 0 saturated carbocycles. The van der Waals surface area contributed by atoms with Gasteiger partial charge in [-0.3, -0.25) is 4.40 Å². The number of benzene rings is 1. The molecule has 8 nitrogen and oxygen atoms in total. The summed E-state index contributed by atoms with van der Waals surface area (Å²) >= 11 is 3.51. The van der Waals surface area contributed by atoms with E-state index in [1.54, 1.807) is 30.6 Å². The molecule has 0 unspecified atom stereocenters. The van der Waals surface area contributed by atoms with Crippen molar-refractivity contribution in [2.24, 2.45) is 0 Å². The van der Waals surface area contributed by atoms with Crippen LogP contribution in [0.15, 0.2) is 41.1 Å². The first kappa shape index (κ1) is 17.2. The van der Waals surface area contributed by atoms with Gasteiger partial charge in [0.1, 0.15) is 0 Å². The molecule has 0 bridgehead atoms. The summed E-state index contributed by atoms with van der Waals surface area (Å²) in [7, 11) is 0. The number of amides is 1. The van der Waals surface area contributed by atoms with Crippen molar-refractivity contribution >= 4 is 39.4 Å². The van der Waals surface area contributed by atoms with Gasteiger partial charge in [-0.15, -0.1) is 10.2 Å². The molecule has 0 aliphatic heterocycles. The molecule has 2 N–H and O–H groups in total. The topological polar surface area (TPSA) is 95.7 Å². The number of carboxylic acid groups (broad SMARTS) is 1. The third-order valence-electron chi connectivity index (χ3n) is 3.65. The Morgan fingerprint density at radius 3 is 2.80 bits per heavy atom. The zero-order valence-corrected chi connectivity index (χ0v) is 15.3. The molecule has 130 valence electrons. The summed E-state index contributed by atoms with van der Waals surface area (Å²) in [5.41, 5.74) is 1.54. The Labute approximate surface area is 152 Å². The van der Waals surface area contributed by atoms with E-state index < -0.39 is 6.09 Å². The Hall–Kier alpha value is -2.68. The highest BCUT2D eigenvalue weighted by atomic mass is 79.9. The van der Waals surface area contributed by atoms with Crippen molar-refractivity contribution in [1.82, 2.24) is 19.6 Å². The van der Waals surface area contributed by atoms with Gasteiger partial charge in [-0.25, -0.2) is 14.7 Å². The van der Waals surface area contributed by atoms with Gasteiger partial charge in [0.2, 0.25) is 11.6 Å². The number of rotatable bonds is 5. The highest BCUT2D eigenvalue weighted by Crippen LogP contribution is 2.22. The van der Waals surface area contributed by atoms with Crippen LogP contribution in [0.2, 0.25) is 0 Å². The molecule has 0 radical (unpaired) electrons. The Bertz CT molecular complexity index is 911. The molecule has 0 aliphatic rings. The van der Waals surface area contributed by atoms with Crippen LogP contribution in [0.25, 0.3) is 5.65 Å². The summed E-state index contributed by atoms with van der Waals surface area (Å²) in [5.74, 6) is 0.773.